The number of pyridine rings is 1. The minimum Gasteiger partial charge on any atom is -0.344 e. The zero-order valence-electron chi connectivity index (χ0n) is 15.8. The Bertz CT molecular complexity index is 1160. The third-order valence-corrected chi connectivity index (χ3v) is 5.41. The van der Waals surface area contributed by atoms with E-state index < -0.39 is 0 Å². The molecule has 1 amide bonds. The highest BCUT2D eigenvalue weighted by Gasteiger charge is 2.22. The maximum atomic E-state index is 13.2. The molecule has 148 valence electrons. The minimum absolute atomic E-state index is 0.216. The molecule has 0 aliphatic rings. The van der Waals surface area contributed by atoms with E-state index in [4.69, 9.17) is 0 Å². The van der Waals surface area contributed by atoms with Gasteiger partial charge in [-0.3, -0.25) is 14.5 Å². The first-order chi connectivity index (χ1) is 14.0. The van der Waals surface area contributed by atoms with Crippen molar-refractivity contribution in [2.75, 3.05) is 0 Å². The third-order valence-electron chi connectivity index (χ3n) is 4.79. The van der Waals surface area contributed by atoms with Gasteiger partial charge in [-0.1, -0.05) is 6.92 Å². The van der Waals surface area contributed by atoms with Crippen molar-refractivity contribution in [2.45, 2.75) is 19.4 Å². The van der Waals surface area contributed by atoms with Crippen molar-refractivity contribution in [3.05, 3.63) is 70.6 Å². The molecule has 0 bridgehead atoms. The van der Waals surface area contributed by atoms with Gasteiger partial charge in [-0.25, -0.2) is 9.07 Å². The van der Waals surface area contributed by atoms with Crippen LogP contribution in [0.4, 0.5) is 4.39 Å². The summed E-state index contributed by atoms with van der Waals surface area (Å²) < 4.78 is 17.4. The average Bonchev–Trinajstić information content (AvgIpc) is 3.30. The Balaban J connectivity index is 1.69. The lowest BCUT2D eigenvalue weighted by Gasteiger charge is -2.18. The van der Waals surface area contributed by atoms with Gasteiger partial charge in [0, 0.05) is 18.6 Å². The van der Waals surface area contributed by atoms with E-state index in [1.54, 1.807) is 40.1 Å². The van der Waals surface area contributed by atoms with Crippen LogP contribution in [0.3, 0.4) is 0 Å². The normalized spacial score (nSPS) is 12.3. The SMILES string of the molecule is CCC(NC(=O)c1cncc2c1cnn2-c1ccc(F)cc1)c1c(Br)cnn1C. The van der Waals surface area contributed by atoms with E-state index in [0.29, 0.717) is 28.6 Å². The lowest BCUT2D eigenvalue weighted by molar-refractivity contribution is 0.0935. The zero-order chi connectivity index (χ0) is 20.5. The highest BCUT2D eigenvalue weighted by atomic mass is 79.9. The number of aryl methyl sites for hydroxylation is 1. The molecular weight excluding hydrogens is 439 g/mol. The van der Waals surface area contributed by atoms with Gasteiger partial charge in [0.1, 0.15) is 5.82 Å². The second kappa shape index (κ2) is 7.75. The molecule has 4 rings (SSSR count). The molecule has 1 aromatic carbocycles. The maximum Gasteiger partial charge on any atom is 0.254 e. The molecule has 0 spiro atoms. The number of halogens is 2. The van der Waals surface area contributed by atoms with Crippen molar-refractivity contribution in [3.8, 4) is 5.69 Å². The van der Waals surface area contributed by atoms with Crippen LogP contribution in [0.5, 0.6) is 0 Å². The first-order valence-electron chi connectivity index (χ1n) is 9.05. The van der Waals surface area contributed by atoms with Crippen LogP contribution >= 0.6 is 15.9 Å². The molecule has 0 aliphatic heterocycles. The van der Waals surface area contributed by atoms with Crippen LogP contribution in [0.25, 0.3) is 16.6 Å². The first-order valence-corrected chi connectivity index (χ1v) is 9.84. The fourth-order valence-corrected chi connectivity index (χ4v) is 3.95. The third kappa shape index (κ3) is 3.53. The molecule has 0 fully saturated rings. The number of hydrogen-bond acceptors (Lipinski definition) is 4. The summed E-state index contributed by atoms with van der Waals surface area (Å²) in [5, 5.41) is 12.3. The summed E-state index contributed by atoms with van der Waals surface area (Å²) in [4.78, 5) is 17.3. The van der Waals surface area contributed by atoms with Crippen molar-refractivity contribution < 1.29 is 9.18 Å². The van der Waals surface area contributed by atoms with Gasteiger partial charge in [0.25, 0.3) is 5.91 Å². The number of benzene rings is 1. The molecule has 0 aliphatic carbocycles. The molecule has 7 nitrogen and oxygen atoms in total. The van der Waals surface area contributed by atoms with Crippen molar-refractivity contribution >= 4 is 32.7 Å². The van der Waals surface area contributed by atoms with Gasteiger partial charge in [-0.15, -0.1) is 0 Å². The molecule has 0 saturated heterocycles. The zero-order valence-corrected chi connectivity index (χ0v) is 17.4. The molecule has 0 radical (unpaired) electrons. The van der Waals surface area contributed by atoms with Gasteiger partial charge >= 0.3 is 0 Å². The molecule has 1 unspecified atom stereocenters. The van der Waals surface area contributed by atoms with E-state index in [9.17, 15) is 9.18 Å². The smallest absolute Gasteiger partial charge is 0.254 e. The summed E-state index contributed by atoms with van der Waals surface area (Å²) in [6.07, 6.45) is 7.19. The largest absolute Gasteiger partial charge is 0.344 e. The van der Waals surface area contributed by atoms with Crippen molar-refractivity contribution in [3.63, 3.8) is 0 Å². The Morgan fingerprint density at radius 1 is 1.17 bits per heavy atom. The first kappa shape index (κ1) is 19.3. The molecule has 1 N–H and O–H groups in total. The summed E-state index contributed by atoms with van der Waals surface area (Å²) in [5.74, 6) is -0.572. The Morgan fingerprint density at radius 2 is 1.93 bits per heavy atom. The Kier molecular flexibility index (Phi) is 5.14. The second-order valence-electron chi connectivity index (χ2n) is 6.59. The molecule has 3 heterocycles. The standard InChI is InChI=1S/C20H18BrFN6O/c1-3-17(19-16(21)10-24-27(19)2)26-20(29)15-8-23-11-18-14(15)9-25-28(18)13-6-4-12(22)5-7-13/h4-11,17H,3H2,1-2H3,(H,26,29). The number of rotatable bonds is 5. The van der Waals surface area contributed by atoms with Crippen LogP contribution in [-0.2, 0) is 7.05 Å². The van der Waals surface area contributed by atoms with Gasteiger partial charge in [0.05, 0.1) is 51.6 Å². The van der Waals surface area contributed by atoms with Crippen LogP contribution in [0.1, 0.15) is 35.4 Å². The van der Waals surface area contributed by atoms with Crippen molar-refractivity contribution in [2.24, 2.45) is 7.05 Å². The van der Waals surface area contributed by atoms with E-state index in [1.807, 2.05) is 14.0 Å². The average molecular weight is 457 g/mol. The second-order valence-corrected chi connectivity index (χ2v) is 7.44. The highest BCUT2D eigenvalue weighted by molar-refractivity contribution is 9.10. The van der Waals surface area contributed by atoms with Crippen molar-refractivity contribution in [1.82, 2.24) is 29.9 Å². The number of hydrogen-bond donors (Lipinski definition) is 1. The quantitative estimate of drug-likeness (QED) is 0.493. The maximum absolute atomic E-state index is 13.2. The van der Waals surface area contributed by atoms with E-state index in [0.717, 1.165) is 10.2 Å². The molecule has 0 saturated carbocycles. The number of carbonyl (C=O) groups is 1. The number of amides is 1. The van der Waals surface area contributed by atoms with Gasteiger partial charge in [-0.05, 0) is 46.6 Å². The monoisotopic (exact) mass is 456 g/mol. The van der Waals surface area contributed by atoms with Crippen LogP contribution in [0, 0.1) is 5.82 Å². The summed E-state index contributed by atoms with van der Waals surface area (Å²) in [7, 11) is 1.84. The minimum atomic E-state index is -0.324. The van der Waals surface area contributed by atoms with Crippen LogP contribution in [0.15, 0.2) is 53.5 Å². The topological polar surface area (TPSA) is 77.6 Å². The Morgan fingerprint density at radius 3 is 2.59 bits per heavy atom. The Labute approximate surface area is 174 Å². The molecule has 9 heteroatoms. The van der Waals surface area contributed by atoms with Gasteiger partial charge in [-0.2, -0.15) is 10.2 Å². The van der Waals surface area contributed by atoms with Gasteiger partial charge in [0.2, 0.25) is 0 Å². The van der Waals surface area contributed by atoms with Gasteiger partial charge < -0.3 is 5.32 Å². The number of fused-ring (bicyclic) bond motifs is 1. The summed E-state index contributed by atoms with van der Waals surface area (Å²) in [6.45, 7) is 2.00. The van der Waals surface area contributed by atoms with E-state index in [1.165, 1.54) is 18.3 Å². The molecule has 1 atom stereocenters. The van der Waals surface area contributed by atoms with E-state index in [-0.39, 0.29) is 17.8 Å². The van der Waals surface area contributed by atoms with E-state index in [2.05, 4.69) is 36.4 Å². The number of aromatic nitrogens is 5. The predicted molar refractivity (Wildman–Crippen MR) is 110 cm³/mol. The highest BCUT2D eigenvalue weighted by Crippen LogP contribution is 2.26. The fraction of sp³-hybridized carbons (Fsp3) is 0.200. The van der Waals surface area contributed by atoms with E-state index >= 15 is 0 Å². The fourth-order valence-electron chi connectivity index (χ4n) is 3.32. The lowest BCUT2D eigenvalue weighted by Crippen LogP contribution is -2.30. The van der Waals surface area contributed by atoms with Crippen LogP contribution in [-0.4, -0.2) is 30.5 Å². The molecule has 4 aromatic rings. The summed E-state index contributed by atoms with van der Waals surface area (Å²) in [5.41, 5.74) is 2.67. The molecule has 29 heavy (non-hydrogen) atoms. The van der Waals surface area contributed by atoms with Crippen LogP contribution < -0.4 is 5.32 Å². The predicted octanol–water partition coefficient (Wildman–Crippen LogP) is 3.94. The van der Waals surface area contributed by atoms with Gasteiger partial charge in [0.15, 0.2) is 0 Å². The number of nitrogens with zero attached hydrogens (tertiary/aromatic N) is 5. The Hall–Kier alpha value is -3.07. The van der Waals surface area contributed by atoms with Crippen LogP contribution in [0.2, 0.25) is 0 Å². The molecular formula is C20H18BrFN6O. The number of carbonyl (C=O) groups excluding carboxylic acids is 1. The lowest BCUT2D eigenvalue weighted by atomic mass is 10.1. The summed E-state index contributed by atoms with van der Waals surface area (Å²) in [6, 6.07) is 5.77. The summed E-state index contributed by atoms with van der Waals surface area (Å²) >= 11 is 3.49. The molecule has 3 aromatic heterocycles. The van der Waals surface area contributed by atoms with Crippen molar-refractivity contribution in [1.29, 1.82) is 0 Å². The number of nitrogens with one attached hydrogen (secondary N) is 1.